The van der Waals surface area contributed by atoms with Gasteiger partial charge in [-0.05, 0) is 25.5 Å². The zero-order chi connectivity index (χ0) is 20.5. The van der Waals surface area contributed by atoms with Crippen LogP contribution in [0, 0.1) is 6.92 Å². The molecule has 2 amide bonds. The first-order valence-corrected chi connectivity index (χ1v) is 11.2. The summed E-state index contributed by atoms with van der Waals surface area (Å²) in [4.78, 5) is 27.8. The van der Waals surface area contributed by atoms with Gasteiger partial charge in [0.2, 0.25) is 5.91 Å². The number of hydrazine groups is 1. The standard InChI is InChI=1S/C23H39N3O2/c1-3-4-5-6-7-8-9-10-11-12-13-14-15-16-22(27)25-26-23(28)21-17-18-24-20(2)19-21/h17-19H,3-16H2,1-2H3,(H,25,27)(H,26,28). The smallest absolute Gasteiger partial charge is 0.269 e. The lowest BCUT2D eigenvalue weighted by Gasteiger charge is -2.07. The summed E-state index contributed by atoms with van der Waals surface area (Å²) in [7, 11) is 0. The molecule has 1 heterocycles. The summed E-state index contributed by atoms with van der Waals surface area (Å²) in [6.45, 7) is 4.08. The minimum atomic E-state index is -0.316. The molecule has 0 bridgehead atoms. The highest BCUT2D eigenvalue weighted by Crippen LogP contribution is 2.12. The molecule has 5 heteroatoms. The SMILES string of the molecule is CCCCCCCCCCCCCCCC(=O)NNC(=O)c1ccnc(C)c1. The molecular weight excluding hydrogens is 350 g/mol. The first-order valence-electron chi connectivity index (χ1n) is 11.2. The molecule has 0 aliphatic carbocycles. The molecule has 0 radical (unpaired) electrons. The molecule has 0 aliphatic rings. The molecule has 158 valence electrons. The summed E-state index contributed by atoms with van der Waals surface area (Å²) >= 11 is 0. The minimum absolute atomic E-state index is 0.137. The van der Waals surface area contributed by atoms with Crippen LogP contribution in [0.25, 0.3) is 0 Å². The van der Waals surface area contributed by atoms with Gasteiger partial charge in [0, 0.05) is 23.9 Å². The van der Waals surface area contributed by atoms with Gasteiger partial charge in [-0.3, -0.25) is 25.4 Å². The van der Waals surface area contributed by atoms with Gasteiger partial charge in [0.25, 0.3) is 5.91 Å². The summed E-state index contributed by atoms with van der Waals surface area (Å²) in [6.07, 6.45) is 18.7. The van der Waals surface area contributed by atoms with Gasteiger partial charge in [-0.1, -0.05) is 84.0 Å². The Morgan fingerprint density at radius 2 is 1.36 bits per heavy atom. The Morgan fingerprint density at radius 3 is 1.89 bits per heavy atom. The lowest BCUT2D eigenvalue weighted by molar-refractivity contribution is -0.122. The Morgan fingerprint density at radius 1 is 0.821 bits per heavy atom. The summed E-state index contributed by atoms with van der Waals surface area (Å²) < 4.78 is 0. The fourth-order valence-corrected chi connectivity index (χ4v) is 3.25. The molecule has 1 rings (SSSR count). The van der Waals surface area contributed by atoms with E-state index in [-0.39, 0.29) is 11.8 Å². The number of pyridine rings is 1. The molecule has 2 N–H and O–H groups in total. The zero-order valence-electron chi connectivity index (χ0n) is 17.9. The van der Waals surface area contributed by atoms with Crippen LogP contribution in [0.5, 0.6) is 0 Å². The average molecular weight is 390 g/mol. The number of aromatic nitrogens is 1. The largest absolute Gasteiger partial charge is 0.273 e. The second-order valence-corrected chi connectivity index (χ2v) is 7.68. The summed E-state index contributed by atoms with van der Waals surface area (Å²) in [5.41, 5.74) is 6.20. The van der Waals surface area contributed by atoms with Gasteiger partial charge in [0.15, 0.2) is 0 Å². The monoisotopic (exact) mass is 389 g/mol. The van der Waals surface area contributed by atoms with Gasteiger partial charge < -0.3 is 0 Å². The number of hydrogen-bond donors (Lipinski definition) is 2. The van der Waals surface area contributed by atoms with Crippen LogP contribution < -0.4 is 10.9 Å². The zero-order valence-corrected chi connectivity index (χ0v) is 17.9. The Balaban J connectivity index is 1.91. The van der Waals surface area contributed by atoms with Gasteiger partial charge in [-0.25, -0.2) is 0 Å². The molecule has 0 atom stereocenters. The number of nitrogens with one attached hydrogen (secondary N) is 2. The minimum Gasteiger partial charge on any atom is -0.273 e. The molecular formula is C23H39N3O2. The molecule has 28 heavy (non-hydrogen) atoms. The van der Waals surface area contributed by atoms with Crippen molar-refractivity contribution >= 4 is 11.8 Å². The first-order chi connectivity index (χ1) is 13.6. The summed E-state index contributed by atoms with van der Waals surface area (Å²) in [5, 5.41) is 0. The Bertz CT molecular complexity index is 561. The number of amides is 2. The van der Waals surface area contributed by atoms with Crippen LogP contribution in [0.1, 0.15) is 113 Å². The first kappa shape index (κ1) is 24.1. The van der Waals surface area contributed by atoms with E-state index in [0.717, 1.165) is 18.5 Å². The molecule has 0 aromatic carbocycles. The van der Waals surface area contributed by atoms with Crippen LogP contribution in [0.2, 0.25) is 0 Å². The van der Waals surface area contributed by atoms with Crippen molar-refractivity contribution in [3.63, 3.8) is 0 Å². The van der Waals surface area contributed by atoms with Crippen LogP contribution in [0.3, 0.4) is 0 Å². The highest BCUT2D eigenvalue weighted by Gasteiger charge is 2.07. The van der Waals surface area contributed by atoms with Gasteiger partial charge in [0.05, 0.1) is 0 Å². The Labute approximate surface area is 171 Å². The second kappa shape index (κ2) is 16.1. The van der Waals surface area contributed by atoms with E-state index < -0.39 is 0 Å². The summed E-state index contributed by atoms with van der Waals surface area (Å²) in [5.74, 6) is -0.452. The Hall–Kier alpha value is -1.91. The van der Waals surface area contributed by atoms with Crippen molar-refractivity contribution in [1.29, 1.82) is 0 Å². The molecule has 1 aromatic rings. The van der Waals surface area contributed by atoms with E-state index in [1.165, 1.54) is 70.6 Å². The maximum atomic E-state index is 11.9. The number of aryl methyl sites for hydroxylation is 1. The van der Waals surface area contributed by atoms with Gasteiger partial charge in [-0.2, -0.15) is 0 Å². The van der Waals surface area contributed by atoms with E-state index in [0.29, 0.717) is 12.0 Å². The number of nitrogens with zero attached hydrogens (tertiary/aromatic N) is 1. The molecule has 0 aliphatic heterocycles. The maximum absolute atomic E-state index is 11.9. The van der Waals surface area contributed by atoms with Crippen molar-refractivity contribution in [1.82, 2.24) is 15.8 Å². The second-order valence-electron chi connectivity index (χ2n) is 7.68. The fraction of sp³-hybridized carbons (Fsp3) is 0.696. The number of rotatable bonds is 15. The maximum Gasteiger partial charge on any atom is 0.269 e. The predicted molar refractivity (Wildman–Crippen MR) is 115 cm³/mol. The third-order valence-electron chi connectivity index (χ3n) is 4.98. The van der Waals surface area contributed by atoms with E-state index in [1.54, 1.807) is 18.3 Å². The molecule has 1 aromatic heterocycles. The lowest BCUT2D eigenvalue weighted by atomic mass is 10.0. The normalized spacial score (nSPS) is 10.6. The van der Waals surface area contributed by atoms with Crippen molar-refractivity contribution in [3.05, 3.63) is 29.6 Å². The third kappa shape index (κ3) is 12.5. The van der Waals surface area contributed by atoms with Gasteiger partial charge >= 0.3 is 0 Å². The average Bonchev–Trinajstić information content (AvgIpc) is 2.69. The van der Waals surface area contributed by atoms with Crippen LogP contribution in [0.15, 0.2) is 18.3 Å². The van der Waals surface area contributed by atoms with E-state index in [4.69, 9.17) is 0 Å². The Kier molecular flexibility index (Phi) is 13.9. The quantitative estimate of drug-likeness (QED) is 0.301. The molecule has 5 nitrogen and oxygen atoms in total. The number of unbranched alkanes of at least 4 members (excludes halogenated alkanes) is 12. The fourth-order valence-electron chi connectivity index (χ4n) is 3.25. The van der Waals surface area contributed by atoms with Crippen LogP contribution in [-0.4, -0.2) is 16.8 Å². The molecule has 0 saturated heterocycles. The van der Waals surface area contributed by atoms with Crippen molar-refractivity contribution in [2.75, 3.05) is 0 Å². The van der Waals surface area contributed by atoms with Crippen molar-refractivity contribution in [2.45, 2.75) is 104 Å². The van der Waals surface area contributed by atoms with E-state index in [9.17, 15) is 9.59 Å². The van der Waals surface area contributed by atoms with Gasteiger partial charge in [0.1, 0.15) is 0 Å². The van der Waals surface area contributed by atoms with Gasteiger partial charge in [-0.15, -0.1) is 0 Å². The van der Waals surface area contributed by atoms with E-state index in [1.807, 2.05) is 6.92 Å². The molecule has 0 unspecified atom stereocenters. The third-order valence-corrected chi connectivity index (χ3v) is 4.98. The van der Waals surface area contributed by atoms with E-state index >= 15 is 0 Å². The number of carbonyl (C=O) groups excluding carboxylic acids is 2. The summed E-state index contributed by atoms with van der Waals surface area (Å²) in [6, 6.07) is 3.31. The topological polar surface area (TPSA) is 71.1 Å². The van der Waals surface area contributed by atoms with Crippen LogP contribution in [0.4, 0.5) is 0 Å². The molecule has 0 fully saturated rings. The van der Waals surface area contributed by atoms with Crippen molar-refractivity contribution in [2.24, 2.45) is 0 Å². The van der Waals surface area contributed by atoms with E-state index in [2.05, 4.69) is 22.8 Å². The highest BCUT2D eigenvalue weighted by atomic mass is 16.2. The van der Waals surface area contributed by atoms with Crippen LogP contribution in [-0.2, 0) is 4.79 Å². The molecule has 0 saturated carbocycles. The molecule has 0 spiro atoms. The lowest BCUT2D eigenvalue weighted by Crippen LogP contribution is -2.41. The van der Waals surface area contributed by atoms with Crippen molar-refractivity contribution < 1.29 is 9.59 Å². The predicted octanol–water partition coefficient (Wildman–Crippen LogP) is 5.63. The number of hydrogen-bond acceptors (Lipinski definition) is 3. The number of carbonyl (C=O) groups is 2. The highest BCUT2D eigenvalue weighted by molar-refractivity contribution is 5.95. The van der Waals surface area contributed by atoms with Crippen molar-refractivity contribution in [3.8, 4) is 0 Å². The van der Waals surface area contributed by atoms with Crippen LogP contribution >= 0.6 is 0 Å².